The van der Waals surface area contributed by atoms with Gasteiger partial charge in [-0.05, 0) is 53.1 Å². The summed E-state index contributed by atoms with van der Waals surface area (Å²) in [7, 11) is 0. The fraction of sp³-hybridized carbons (Fsp3) is 0. The van der Waals surface area contributed by atoms with Crippen molar-refractivity contribution in [1.82, 2.24) is 14.5 Å². The maximum absolute atomic E-state index is 6.25. The number of anilines is 1. The Hall–Kier alpha value is -4.45. The number of aromatic nitrogens is 3. The van der Waals surface area contributed by atoms with Gasteiger partial charge in [0.15, 0.2) is 11.5 Å². The molecule has 0 radical (unpaired) electrons. The van der Waals surface area contributed by atoms with E-state index in [0.717, 1.165) is 44.7 Å². The molecule has 7 heteroatoms. The molecule has 4 aromatic carbocycles. The topological polar surface area (TPSA) is 55.1 Å². The van der Waals surface area contributed by atoms with Crippen molar-refractivity contribution in [2.75, 3.05) is 5.43 Å². The van der Waals surface area contributed by atoms with Crippen molar-refractivity contribution in [3.8, 4) is 28.1 Å². The largest absolute Gasteiger partial charge is 0.293 e. The van der Waals surface area contributed by atoms with Crippen LogP contribution in [0.15, 0.2) is 121 Å². The first-order valence-electron chi connectivity index (χ1n) is 12.0. The molecule has 6 rings (SSSR count). The molecular weight excluding hydrogens is 513 g/mol. The molecular formula is C31H21Cl2N5. The monoisotopic (exact) mass is 533 g/mol. The zero-order valence-electron chi connectivity index (χ0n) is 20.1. The van der Waals surface area contributed by atoms with Gasteiger partial charge in [-0.3, -0.25) is 9.99 Å². The van der Waals surface area contributed by atoms with Crippen molar-refractivity contribution in [3.63, 3.8) is 0 Å². The van der Waals surface area contributed by atoms with Crippen LogP contribution in [0.25, 0.3) is 39.1 Å². The van der Waals surface area contributed by atoms with E-state index >= 15 is 0 Å². The van der Waals surface area contributed by atoms with Gasteiger partial charge >= 0.3 is 0 Å². The number of fused-ring (bicyclic) bond motifs is 1. The first kappa shape index (κ1) is 23.9. The zero-order chi connectivity index (χ0) is 25.9. The second-order valence-corrected chi connectivity index (χ2v) is 9.48. The molecule has 0 fully saturated rings. The lowest BCUT2D eigenvalue weighted by molar-refractivity contribution is 1.08. The molecule has 2 heterocycles. The molecule has 38 heavy (non-hydrogen) atoms. The van der Waals surface area contributed by atoms with Crippen LogP contribution >= 0.6 is 23.2 Å². The molecule has 0 aliphatic carbocycles. The predicted molar refractivity (Wildman–Crippen MR) is 157 cm³/mol. The highest BCUT2D eigenvalue weighted by Crippen LogP contribution is 2.44. The van der Waals surface area contributed by atoms with Gasteiger partial charge in [0, 0.05) is 21.3 Å². The van der Waals surface area contributed by atoms with Crippen molar-refractivity contribution < 1.29 is 0 Å². The minimum atomic E-state index is 0.601. The summed E-state index contributed by atoms with van der Waals surface area (Å²) in [5.74, 6) is 0.601. The zero-order valence-corrected chi connectivity index (χ0v) is 21.6. The van der Waals surface area contributed by atoms with Crippen LogP contribution in [0.5, 0.6) is 0 Å². The normalized spacial score (nSPS) is 11.3. The maximum Gasteiger partial charge on any atom is 0.159 e. The van der Waals surface area contributed by atoms with Crippen molar-refractivity contribution in [2.24, 2.45) is 5.10 Å². The van der Waals surface area contributed by atoms with Gasteiger partial charge in [0.2, 0.25) is 0 Å². The Balaban J connectivity index is 1.62. The van der Waals surface area contributed by atoms with Crippen LogP contribution in [0.4, 0.5) is 5.82 Å². The number of halogens is 2. The van der Waals surface area contributed by atoms with E-state index < -0.39 is 0 Å². The van der Waals surface area contributed by atoms with E-state index in [1.807, 2.05) is 84.9 Å². The van der Waals surface area contributed by atoms with E-state index in [2.05, 4.69) is 44.3 Å². The van der Waals surface area contributed by atoms with E-state index in [4.69, 9.17) is 28.2 Å². The Morgan fingerprint density at radius 2 is 1.29 bits per heavy atom. The minimum absolute atomic E-state index is 0.601. The molecule has 0 bridgehead atoms. The van der Waals surface area contributed by atoms with Gasteiger partial charge < -0.3 is 0 Å². The number of hydrogen-bond acceptors (Lipinski definition) is 4. The van der Waals surface area contributed by atoms with Crippen LogP contribution in [0.1, 0.15) is 5.56 Å². The maximum atomic E-state index is 6.25. The molecule has 184 valence electrons. The van der Waals surface area contributed by atoms with E-state index in [9.17, 15) is 0 Å². The molecule has 5 nitrogen and oxygen atoms in total. The Morgan fingerprint density at radius 1 is 0.684 bits per heavy atom. The summed E-state index contributed by atoms with van der Waals surface area (Å²) in [5, 5.41) is 6.70. The van der Waals surface area contributed by atoms with Gasteiger partial charge in [-0.2, -0.15) is 5.10 Å². The summed E-state index contributed by atoms with van der Waals surface area (Å²) >= 11 is 12.3. The average Bonchev–Trinajstić information content (AvgIpc) is 3.31. The minimum Gasteiger partial charge on any atom is -0.293 e. The summed E-state index contributed by atoms with van der Waals surface area (Å²) < 4.78 is 2.15. The summed E-state index contributed by atoms with van der Waals surface area (Å²) in [5.41, 5.74) is 9.88. The summed E-state index contributed by atoms with van der Waals surface area (Å²) in [6, 6.07) is 35.8. The number of hydrazone groups is 1. The van der Waals surface area contributed by atoms with Gasteiger partial charge in [-0.25, -0.2) is 9.97 Å². The molecule has 0 saturated carbocycles. The van der Waals surface area contributed by atoms with Gasteiger partial charge in [0.1, 0.15) is 6.33 Å². The fourth-order valence-electron chi connectivity index (χ4n) is 4.51. The third-order valence-electron chi connectivity index (χ3n) is 6.20. The van der Waals surface area contributed by atoms with Crippen LogP contribution in [0, 0.1) is 0 Å². The molecule has 0 spiro atoms. The van der Waals surface area contributed by atoms with Crippen LogP contribution in [0.3, 0.4) is 0 Å². The van der Waals surface area contributed by atoms with Crippen molar-refractivity contribution in [1.29, 1.82) is 0 Å². The Kier molecular flexibility index (Phi) is 6.61. The number of nitrogens with one attached hydrogen (secondary N) is 1. The first-order valence-corrected chi connectivity index (χ1v) is 12.8. The lowest BCUT2D eigenvalue weighted by Crippen LogP contribution is -2.00. The van der Waals surface area contributed by atoms with Crippen LogP contribution in [-0.4, -0.2) is 20.7 Å². The number of nitrogens with zero attached hydrogens (tertiary/aromatic N) is 4. The third-order valence-corrected chi connectivity index (χ3v) is 6.70. The van der Waals surface area contributed by atoms with Gasteiger partial charge in [0.05, 0.1) is 17.3 Å². The van der Waals surface area contributed by atoms with E-state index in [1.165, 1.54) is 0 Å². The Bertz CT molecular complexity index is 1730. The lowest BCUT2D eigenvalue weighted by Gasteiger charge is -2.13. The van der Waals surface area contributed by atoms with E-state index in [0.29, 0.717) is 15.9 Å². The summed E-state index contributed by atoms with van der Waals surface area (Å²) in [6.07, 6.45) is 3.29. The van der Waals surface area contributed by atoms with Crippen LogP contribution in [0.2, 0.25) is 10.0 Å². The Labute approximate surface area is 230 Å². The number of hydrogen-bond donors (Lipinski definition) is 1. The van der Waals surface area contributed by atoms with Crippen molar-refractivity contribution in [2.45, 2.75) is 0 Å². The molecule has 0 unspecified atom stereocenters. The van der Waals surface area contributed by atoms with E-state index in [-0.39, 0.29) is 0 Å². The molecule has 1 N–H and O–H groups in total. The third kappa shape index (κ3) is 4.65. The molecule has 0 atom stereocenters. The predicted octanol–water partition coefficient (Wildman–Crippen LogP) is 8.51. The van der Waals surface area contributed by atoms with Gasteiger partial charge in [-0.1, -0.05) is 96.0 Å². The average molecular weight is 534 g/mol. The van der Waals surface area contributed by atoms with Gasteiger partial charge in [0.25, 0.3) is 0 Å². The molecule has 2 aromatic heterocycles. The highest BCUT2D eigenvalue weighted by Gasteiger charge is 2.24. The molecule has 0 aliphatic heterocycles. The summed E-state index contributed by atoms with van der Waals surface area (Å²) in [4.78, 5) is 9.36. The van der Waals surface area contributed by atoms with Crippen LogP contribution < -0.4 is 5.43 Å². The quantitative estimate of drug-likeness (QED) is 0.172. The van der Waals surface area contributed by atoms with Crippen LogP contribution in [-0.2, 0) is 0 Å². The molecule has 0 aliphatic rings. The SMILES string of the molecule is Clc1ccc(/C=N/Nc2ncnc3c2c(-c2ccccc2)c(-c2ccccc2)n3-c2ccc(Cl)cc2)cc1. The summed E-state index contributed by atoms with van der Waals surface area (Å²) in [6.45, 7) is 0. The highest BCUT2D eigenvalue weighted by atomic mass is 35.5. The number of rotatable bonds is 6. The van der Waals surface area contributed by atoms with E-state index in [1.54, 1.807) is 12.5 Å². The number of benzene rings is 4. The fourth-order valence-corrected chi connectivity index (χ4v) is 4.76. The van der Waals surface area contributed by atoms with Crippen molar-refractivity contribution >= 4 is 46.3 Å². The van der Waals surface area contributed by atoms with Crippen molar-refractivity contribution in [3.05, 3.63) is 131 Å². The molecule has 0 amide bonds. The Morgan fingerprint density at radius 3 is 1.95 bits per heavy atom. The van der Waals surface area contributed by atoms with Gasteiger partial charge in [-0.15, -0.1) is 0 Å². The molecule has 6 aromatic rings. The second-order valence-electron chi connectivity index (χ2n) is 8.61. The lowest BCUT2D eigenvalue weighted by atomic mass is 9.99. The second kappa shape index (κ2) is 10.5. The first-order chi connectivity index (χ1) is 18.7. The highest BCUT2D eigenvalue weighted by molar-refractivity contribution is 6.30. The molecule has 0 saturated heterocycles. The smallest absolute Gasteiger partial charge is 0.159 e. The standard InChI is InChI=1S/C31H21Cl2N5/c32-24-13-11-21(12-14-24)19-36-37-30-28-27(22-7-3-1-4-8-22)29(23-9-5-2-6-10-23)38(31(28)35-20-34-30)26-17-15-25(33)16-18-26/h1-20H,(H,34,35,37)/b36-19+.